The molecule has 1 aromatic rings. The third-order valence-corrected chi connectivity index (χ3v) is 2.26. The first-order valence-electron chi connectivity index (χ1n) is 3.71. The predicted octanol–water partition coefficient (Wildman–Crippen LogP) is 1.79. The number of carbonyl (C=O) groups excluding carboxylic acids is 1. The normalized spacial score (nSPS) is 10.8. The second-order valence-electron chi connectivity index (χ2n) is 2.36. The van der Waals surface area contributed by atoms with Gasteiger partial charge in [-0.2, -0.15) is 0 Å². The summed E-state index contributed by atoms with van der Waals surface area (Å²) in [5.74, 6) is 0. The summed E-state index contributed by atoms with van der Waals surface area (Å²) in [7, 11) is 1.90. The van der Waals surface area contributed by atoms with Crippen LogP contribution in [0.4, 0.5) is 0 Å². The molecular weight excluding hydrogens is 170 g/mol. The van der Waals surface area contributed by atoms with E-state index in [4.69, 9.17) is 0 Å². The summed E-state index contributed by atoms with van der Waals surface area (Å²) >= 11 is 1.47. The number of aldehydes is 1. The van der Waals surface area contributed by atoms with Crippen LogP contribution in [-0.4, -0.2) is 19.9 Å². The highest BCUT2D eigenvalue weighted by atomic mass is 32.1. The minimum atomic E-state index is 0.777. The van der Waals surface area contributed by atoms with Gasteiger partial charge < -0.3 is 5.32 Å². The molecular formula is C9H11NOS. The molecule has 0 unspecified atom stereocenters. The van der Waals surface area contributed by atoms with Crippen molar-refractivity contribution in [1.29, 1.82) is 0 Å². The van der Waals surface area contributed by atoms with E-state index in [9.17, 15) is 4.79 Å². The van der Waals surface area contributed by atoms with Gasteiger partial charge in [-0.3, -0.25) is 4.79 Å². The molecule has 1 N–H and O–H groups in total. The summed E-state index contributed by atoms with van der Waals surface area (Å²) in [6.07, 6.45) is 4.90. The molecule has 1 aromatic heterocycles. The second-order valence-corrected chi connectivity index (χ2v) is 3.30. The lowest BCUT2D eigenvalue weighted by Gasteiger charge is -1.86. The highest BCUT2D eigenvalue weighted by Gasteiger charge is 1.93. The predicted molar refractivity (Wildman–Crippen MR) is 52.7 cm³/mol. The lowest BCUT2D eigenvalue weighted by molar-refractivity contribution is 0.112. The Morgan fingerprint density at radius 1 is 1.67 bits per heavy atom. The van der Waals surface area contributed by atoms with Crippen molar-refractivity contribution in [2.45, 2.75) is 0 Å². The molecule has 2 nitrogen and oxygen atoms in total. The summed E-state index contributed by atoms with van der Waals surface area (Å²) < 4.78 is 0. The molecule has 0 saturated carbocycles. The molecule has 0 spiro atoms. The standard InChI is InChI=1S/C9H11NOS/c1-10-4-2-3-8-5-9(6-11)12-7-8/h2-3,5-7,10H,4H2,1H3. The van der Waals surface area contributed by atoms with Crippen LogP contribution in [0.15, 0.2) is 17.5 Å². The topological polar surface area (TPSA) is 29.1 Å². The molecule has 0 saturated heterocycles. The molecule has 1 heterocycles. The quantitative estimate of drug-likeness (QED) is 0.717. The average molecular weight is 181 g/mol. The molecule has 0 aliphatic heterocycles. The summed E-state index contributed by atoms with van der Waals surface area (Å²) in [5.41, 5.74) is 1.09. The van der Waals surface area contributed by atoms with Crippen LogP contribution in [0, 0.1) is 0 Å². The number of thiophene rings is 1. The second kappa shape index (κ2) is 4.85. The Morgan fingerprint density at radius 2 is 2.50 bits per heavy atom. The molecule has 0 atom stereocenters. The van der Waals surface area contributed by atoms with Gasteiger partial charge in [-0.1, -0.05) is 12.2 Å². The van der Waals surface area contributed by atoms with Crippen molar-refractivity contribution in [2.75, 3.05) is 13.6 Å². The van der Waals surface area contributed by atoms with Crippen LogP contribution in [-0.2, 0) is 0 Å². The van der Waals surface area contributed by atoms with E-state index in [0.29, 0.717) is 0 Å². The SMILES string of the molecule is CNCC=Cc1csc(C=O)c1. The van der Waals surface area contributed by atoms with Gasteiger partial charge in [0.1, 0.15) is 0 Å². The van der Waals surface area contributed by atoms with Crippen molar-refractivity contribution in [3.63, 3.8) is 0 Å². The van der Waals surface area contributed by atoms with Crippen LogP contribution in [0.5, 0.6) is 0 Å². The van der Waals surface area contributed by atoms with Crippen LogP contribution in [0.25, 0.3) is 6.08 Å². The minimum Gasteiger partial charge on any atom is -0.316 e. The Bertz CT molecular complexity index is 278. The number of carbonyl (C=O) groups is 1. The van der Waals surface area contributed by atoms with Gasteiger partial charge in [0.25, 0.3) is 0 Å². The highest BCUT2D eigenvalue weighted by Crippen LogP contribution is 2.13. The van der Waals surface area contributed by atoms with Crippen molar-refractivity contribution in [2.24, 2.45) is 0 Å². The van der Waals surface area contributed by atoms with E-state index in [1.165, 1.54) is 11.3 Å². The molecule has 3 heteroatoms. The van der Waals surface area contributed by atoms with Crippen LogP contribution in [0.2, 0.25) is 0 Å². The summed E-state index contributed by atoms with van der Waals surface area (Å²) in [6.45, 7) is 0.853. The minimum absolute atomic E-state index is 0.777. The third-order valence-electron chi connectivity index (χ3n) is 1.39. The molecule has 1 rings (SSSR count). The van der Waals surface area contributed by atoms with Crippen LogP contribution < -0.4 is 5.32 Å². The Balaban J connectivity index is 2.57. The molecule has 0 radical (unpaired) electrons. The monoisotopic (exact) mass is 181 g/mol. The van der Waals surface area contributed by atoms with E-state index in [1.54, 1.807) is 0 Å². The molecule has 64 valence electrons. The molecule has 0 amide bonds. The number of nitrogens with one attached hydrogen (secondary N) is 1. The van der Waals surface area contributed by atoms with E-state index >= 15 is 0 Å². The van der Waals surface area contributed by atoms with E-state index in [0.717, 1.165) is 23.3 Å². The zero-order chi connectivity index (χ0) is 8.81. The lowest BCUT2D eigenvalue weighted by atomic mass is 10.3. The van der Waals surface area contributed by atoms with Crippen molar-refractivity contribution < 1.29 is 4.79 Å². The number of rotatable bonds is 4. The summed E-state index contributed by atoms with van der Waals surface area (Å²) in [4.78, 5) is 11.1. The van der Waals surface area contributed by atoms with Crippen LogP contribution in [0.1, 0.15) is 15.2 Å². The van der Waals surface area contributed by atoms with Gasteiger partial charge in [0.15, 0.2) is 6.29 Å². The molecule has 0 aliphatic carbocycles. The zero-order valence-corrected chi connectivity index (χ0v) is 7.73. The van der Waals surface area contributed by atoms with E-state index in [2.05, 4.69) is 5.32 Å². The Kier molecular flexibility index (Phi) is 3.70. The molecule has 0 fully saturated rings. The Labute approximate surface area is 75.9 Å². The van der Waals surface area contributed by atoms with E-state index < -0.39 is 0 Å². The third kappa shape index (κ3) is 2.60. The summed E-state index contributed by atoms with van der Waals surface area (Å²) in [6, 6.07) is 1.88. The number of likely N-dealkylation sites (N-methyl/N-ethyl adjacent to an activating group) is 1. The van der Waals surface area contributed by atoms with Gasteiger partial charge in [0, 0.05) is 6.54 Å². The fourth-order valence-electron chi connectivity index (χ4n) is 0.830. The van der Waals surface area contributed by atoms with Gasteiger partial charge in [0.2, 0.25) is 0 Å². The van der Waals surface area contributed by atoms with Gasteiger partial charge >= 0.3 is 0 Å². The van der Waals surface area contributed by atoms with Gasteiger partial charge in [0.05, 0.1) is 4.88 Å². The highest BCUT2D eigenvalue weighted by molar-refractivity contribution is 7.11. The van der Waals surface area contributed by atoms with Crippen LogP contribution in [0.3, 0.4) is 0 Å². The van der Waals surface area contributed by atoms with Crippen molar-refractivity contribution in [3.05, 3.63) is 28.0 Å². The van der Waals surface area contributed by atoms with Crippen molar-refractivity contribution in [1.82, 2.24) is 5.32 Å². The zero-order valence-electron chi connectivity index (χ0n) is 6.91. The van der Waals surface area contributed by atoms with E-state index in [-0.39, 0.29) is 0 Å². The van der Waals surface area contributed by atoms with Crippen LogP contribution >= 0.6 is 11.3 Å². The first-order chi connectivity index (χ1) is 5.86. The fourth-order valence-corrected chi connectivity index (χ4v) is 1.51. The van der Waals surface area contributed by atoms with Gasteiger partial charge in [-0.25, -0.2) is 0 Å². The lowest BCUT2D eigenvalue weighted by Crippen LogP contribution is -2.03. The Hall–Kier alpha value is -0.930. The maximum Gasteiger partial charge on any atom is 0.160 e. The maximum atomic E-state index is 10.3. The first-order valence-corrected chi connectivity index (χ1v) is 4.59. The van der Waals surface area contributed by atoms with Gasteiger partial charge in [-0.15, -0.1) is 11.3 Å². The maximum absolute atomic E-state index is 10.3. The smallest absolute Gasteiger partial charge is 0.160 e. The molecule has 0 bridgehead atoms. The molecule has 12 heavy (non-hydrogen) atoms. The summed E-state index contributed by atoms with van der Waals surface area (Å²) in [5, 5.41) is 4.97. The van der Waals surface area contributed by atoms with Crippen molar-refractivity contribution in [3.8, 4) is 0 Å². The molecule has 0 aromatic carbocycles. The Morgan fingerprint density at radius 3 is 3.08 bits per heavy atom. The number of hydrogen-bond donors (Lipinski definition) is 1. The number of hydrogen-bond acceptors (Lipinski definition) is 3. The average Bonchev–Trinajstić information content (AvgIpc) is 2.53. The molecule has 0 aliphatic rings. The fraction of sp³-hybridized carbons (Fsp3) is 0.222. The largest absolute Gasteiger partial charge is 0.316 e. The van der Waals surface area contributed by atoms with E-state index in [1.807, 2.05) is 30.6 Å². The van der Waals surface area contributed by atoms with Crippen molar-refractivity contribution >= 4 is 23.7 Å². The van der Waals surface area contributed by atoms with Gasteiger partial charge in [-0.05, 0) is 24.1 Å². The first kappa shape index (κ1) is 9.16.